The number of para-hydroxylation sites is 1. The molecule has 20 heavy (non-hydrogen) atoms. The number of phenols is 2. The Morgan fingerprint density at radius 2 is 1.80 bits per heavy atom. The maximum absolute atomic E-state index is 9.79. The highest BCUT2D eigenvalue weighted by atomic mass is 16.3. The van der Waals surface area contributed by atoms with Crippen LogP contribution < -0.4 is 5.32 Å². The average molecular weight is 267 g/mol. The molecular formula is C17H17NO2. The number of aromatic hydroxyl groups is 2. The van der Waals surface area contributed by atoms with Gasteiger partial charge in [0.1, 0.15) is 0 Å². The van der Waals surface area contributed by atoms with Gasteiger partial charge in [-0.1, -0.05) is 18.2 Å². The molecular weight excluding hydrogens is 250 g/mol. The van der Waals surface area contributed by atoms with Crippen LogP contribution in [0.5, 0.6) is 11.5 Å². The Kier molecular flexibility index (Phi) is 2.43. The lowest BCUT2D eigenvalue weighted by Crippen LogP contribution is -2.37. The van der Waals surface area contributed by atoms with Gasteiger partial charge in [0.25, 0.3) is 0 Å². The van der Waals surface area contributed by atoms with Crippen molar-refractivity contribution in [2.75, 3.05) is 5.32 Å². The molecule has 1 unspecified atom stereocenters. The molecule has 1 aliphatic carbocycles. The molecule has 1 heterocycles. The maximum Gasteiger partial charge on any atom is 0.157 e. The lowest BCUT2D eigenvalue weighted by molar-refractivity contribution is 0.397. The minimum absolute atomic E-state index is 0.00799. The standard InChI is InChI=1S/C17H17NO2/c19-16-8-10-5-6-15-13(12(10)9-17(16)20)7-11-3-1-2-4-14(11)18-15/h1-4,8-9,13,15,18-20H,5-7H2/t13?,15-/m1/s1. The van der Waals surface area contributed by atoms with E-state index in [9.17, 15) is 10.2 Å². The van der Waals surface area contributed by atoms with Crippen LogP contribution in [-0.4, -0.2) is 16.3 Å². The van der Waals surface area contributed by atoms with Gasteiger partial charge in [-0.3, -0.25) is 0 Å². The molecule has 2 aromatic rings. The Morgan fingerprint density at radius 3 is 2.70 bits per heavy atom. The summed E-state index contributed by atoms with van der Waals surface area (Å²) in [4.78, 5) is 0. The molecule has 0 saturated carbocycles. The van der Waals surface area contributed by atoms with Crippen molar-refractivity contribution >= 4 is 5.69 Å². The lowest BCUT2D eigenvalue weighted by atomic mass is 9.74. The van der Waals surface area contributed by atoms with Crippen molar-refractivity contribution in [3.05, 3.63) is 53.1 Å². The van der Waals surface area contributed by atoms with Gasteiger partial charge >= 0.3 is 0 Å². The van der Waals surface area contributed by atoms with Gasteiger partial charge < -0.3 is 15.5 Å². The van der Waals surface area contributed by atoms with Crippen molar-refractivity contribution in [1.29, 1.82) is 0 Å². The molecule has 0 aromatic heterocycles. The minimum Gasteiger partial charge on any atom is -0.504 e. The highest BCUT2D eigenvalue weighted by Gasteiger charge is 2.34. The summed E-state index contributed by atoms with van der Waals surface area (Å²) in [6, 6.07) is 12.3. The van der Waals surface area contributed by atoms with E-state index < -0.39 is 0 Å². The van der Waals surface area contributed by atoms with Crippen molar-refractivity contribution in [2.24, 2.45) is 0 Å². The van der Waals surface area contributed by atoms with Crippen molar-refractivity contribution in [3.63, 3.8) is 0 Å². The summed E-state index contributed by atoms with van der Waals surface area (Å²) >= 11 is 0. The molecule has 0 amide bonds. The van der Waals surface area contributed by atoms with Crippen molar-refractivity contribution in [1.82, 2.24) is 0 Å². The SMILES string of the molecule is Oc1cc2c(cc1O)C1Cc3ccccc3N[C@@H]1CC2. The largest absolute Gasteiger partial charge is 0.504 e. The second kappa shape index (κ2) is 4.17. The molecule has 2 aromatic carbocycles. The molecule has 2 aliphatic rings. The summed E-state index contributed by atoms with van der Waals surface area (Å²) in [6.07, 6.45) is 3.00. The fourth-order valence-electron chi connectivity index (χ4n) is 3.63. The van der Waals surface area contributed by atoms with E-state index in [0.717, 1.165) is 19.3 Å². The van der Waals surface area contributed by atoms with E-state index >= 15 is 0 Å². The van der Waals surface area contributed by atoms with Crippen LogP contribution in [0.1, 0.15) is 29.0 Å². The monoisotopic (exact) mass is 267 g/mol. The molecule has 0 radical (unpaired) electrons. The maximum atomic E-state index is 9.79. The Morgan fingerprint density at radius 1 is 1.00 bits per heavy atom. The first-order chi connectivity index (χ1) is 9.72. The summed E-state index contributed by atoms with van der Waals surface area (Å²) in [6.45, 7) is 0. The molecule has 3 N–H and O–H groups in total. The van der Waals surface area contributed by atoms with E-state index in [0.29, 0.717) is 12.0 Å². The zero-order valence-corrected chi connectivity index (χ0v) is 11.1. The predicted octanol–water partition coefficient (Wildman–Crippen LogP) is 3.16. The highest BCUT2D eigenvalue weighted by Crippen LogP contribution is 2.43. The fourth-order valence-corrected chi connectivity index (χ4v) is 3.63. The van der Waals surface area contributed by atoms with E-state index in [1.54, 1.807) is 12.1 Å². The predicted molar refractivity (Wildman–Crippen MR) is 78.4 cm³/mol. The van der Waals surface area contributed by atoms with Crippen LogP contribution in [0.15, 0.2) is 36.4 Å². The molecule has 4 rings (SSSR count). The Hall–Kier alpha value is -2.16. The smallest absolute Gasteiger partial charge is 0.157 e. The van der Waals surface area contributed by atoms with E-state index in [2.05, 4.69) is 29.6 Å². The third kappa shape index (κ3) is 1.66. The average Bonchev–Trinajstić information content (AvgIpc) is 2.47. The van der Waals surface area contributed by atoms with Gasteiger partial charge in [0.2, 0.25) is 0 Å². The van der Waals surface area contributed by atoms with Crippen molar-refractivity contribution in [2.45, 2.75) is 31.2 Å². The molecule has 0 fully saturated rings. The Balaban J connectivity index is 1.80. The van der Waals surface area contributed by atoms with Crippen LogP contribution in [0.2, 0.25) is 0 Å². The van der Waals surface area contributed by atoms with Gasteiger partial charge in [0.15, 0.2) is 11.5 Å². The van der Waals surface area contributed by atoms with Gasteiger partial charge in [-0.2, -0.15) is 0 Å². The van der Waals surface area contributed by atoms with Crippen LogP contribution in [0.4, 0.5) is 5.69 Å². The van der Waals surface area contributed by atoms with Crippen LogP contribution in [0, 0.1) is 0 Å². The molecule has 0 bridgehead atoms. The number of phenolic OH excluding ortho intramolecular Hbond substituents is 2. The Bertz CT molecular complexity index is 681. The molecule has 3 heteroatoms. The van der Waals surface area contributed by atoms with Crippen molar-refractivity contribution in [3.8, 4) is 11.5 Å². The third-order valence-electron chi connectivity index (χ3n) is 4.64. The summed E-state index contributed by atoms with van der Waals surface area (Å²) in [5.41, 5.74) is 4.91. The minimum atomic E-state index is -0.0109. The van der Waals surface area contributed by atoms with Gasteiger partial charge in [-0.05, 0) is 54.2 Å². The number of aryl methyl sites for hydroxylation is 1. The molecule has 1 aliphatic heterocycles. The lowest BCUT2D eigenvalue weighted by Gasteiger charge is -2.39. The molecule has 102 valence electrons. The molecule has 0 saturated heterocycles. The number of hydrogen-bond acceptors (Lipinski definition) is 3. The normalized spacial score (nSPS) is 23.2. The van der Waals surface area contributed by atoms with Gasteiger partial charge in [0, 0.05) is 17.6 Å². The first-order valence-electron chi connectivity index (χ1n) is 7.11. The van der Waals surface area contributed by atoms with E-state index in [1.165, 1.54) is 22.4 Å². The van der Waals surface area contributed by atoms with Crippen LogP contribution >= 0.6 is 0 Å². The summed E-state index contributed by atoms with van der Waals surface area (Å²) in [7, 11) is 0. The number of anilines is 1. The number of fused-ring (bicyclic) bond motifs is 4. The number of benzene rings is 2. The fraction of sp³-hybridized carbons (Fsp3) is 0.294. The second-order valence-electron chi connectivity index (χ2n) is 5.80. The molecule has 2 atom stereocenters. The van der Waals surface area contributed by atoms with E-state index in [4.69, 9.17) is 0 Å². The summed E-state index contributed by atoms with van der Waals surface area (Å²) in [5, 5.41) is 23.1. The number of rotatable bonds is 0. The van der Waals surface area contributed by atoms with Gasteiger partial charge in [0.05, 0.1) is 0 Å². The van der Waals surface area contributed by atoms with Gasteiger partial charge in [-0.25, -0.2) is 0 Å². The first kappa shape index (κ1) is 11.6. The zero-order valence-electron chi connectivity index (χ0n) is 11.1. The van der Waals surface area contributed by atoms with E-state index in [-0.39, 0.29) is 11.5 Å². The highest BCUT2D eigenvalue weighted by molar-refractivity contribution is 5.58. The summed E-state index contributed by atoms with van der Waals surface area (Å²) < 4.78 is 0. The zero-order chi connectivity index (χ0) is 13.7. The quantitative estimate of drug-likeness (QED) is 0.643. The molecule has 0 spiro atoms. The third-order valence-corrected chi connectivity index (χ3v) is 4.64. The second-order valence-corrected chi connectivity index (χ2v) is 5.80. The van der Waals surface area contributed by atoms with E-state index in [1.807, 2.05) is 0 Å². The Labute approximate surface area is 117 Å². The molecule has 3 nitrogen and oxygen atoms in total. The van der Waals surface area contributed by atoms with Gasteiger partial charge in [-0.15, -0.1) is 0 Å². The van der Waals surface area contributed by atoms with Crippen LogP contribution in [-0.2, 0) is 12.8 Å². The number of hydrogen-bond donors (Lipinski definition) is 3. The summed E-state index contributed by atoms with van der Waals surface area (Å²) in [5.74, 6) is 0.356. The first-order valence-corrected chi connectivity index (χ1v) is 7.11. The van der Waals surface area contributed by atoms with Crippen molar-refractivity contribution < 1.29 is 10.2 Å². The van der Waals surface area contributed by atoms with Crippen LogP contribution in [0.25, 0.3) is 0 Å². The van der Waals surface area contributed by atoms with Crippen LogP contribution in [0.3, 0.4) is 0 Å². The number of nitrogens with one attached hydrogen (secondary N) is 1. The topological polar surface area (TPSA) is 52.5 Å².